The number of hydrogen-bond acceptors (Lipinski definition) is 2. The number of hydrogen-bond donors (Lipinski definition) is 1. The van der Waals surface area contributed by atoms with Crippen LogP contribution >= 0.6 is 11.6 Å². The van der Waals surface area contributed by atoms with Crippen molar-refractivity contribution in [1.82, 2.24) is 15.1 Å². The molecule has 1 atom stereocenters. The van der Waals surface area contributed by atoms with Gasteiger partial charge in [-0.2, -0.15) is 5.10 Å². The van der Waals surface area contributed by atoms with Gasteiger partial charge in [0.2, 0.25) is 5.91 Å². The molecule has 0 radical (unpaired) electrons. The summed E-state index contributed by atoms with van der Waals surface area (Å²) in [4.78, 5) is 14.5. The Hall–Kier alpha value is -1.88. The summed E-state index contributed by atoms with van der Waals surface area (Å²) in [5, 5.41) is 7.07. The number of aromatic nitrogens is 2. The van der Waals surface area contributed by atoms with E-state index in [1.807, 2.05) is 11.1 Å². The Labute approximate surface area is 133 Å². The molecule has 22 heavy (non-hydrogen) atoms. The van der Waals surface area contributed by atoms with Gasteiger partial charge in [-0.05, 0) is 37.0 Å². The van der Waals surface area contributed by atoms with Gasteiger partial charge in [0.25, 0.3) is 0 Å². The molecule has 1 aliphatic heterocycles. The monoisotopic (exact) mass is 321 g/mol. The number of benzene rings is 1. The SMILES string of the molecule is O=C(Cc1ccc(F)cc1Cl)N1CCCCC1c1cn[nH]c1. The lowest BCUT2D eigenvalue weighted by Gasteiger charge is -2.35. The van der Waals surface area contributed by atoms with Crippen molar-refractivity contribution in [2.75, 3.05) is 6.54 Å². The van der Waals surface area contributed by atoms with E-state index in [4.69, 9.17) is 11.6 Å². The van der Waals surface area contributed by atoms with Gasteiger partial charge in [-0.3, -0.25) is 9.89 Å². The Kier molecular flexibility index (Phi) is 4.43. The topological polar surface area (TPSA) is 49.0 Å². The fourth-order valence-electron chi connectivity index (χ4n) is 2.95. The van der Waals surface area contributed by atoms with E-state index >= 15 is 0 Å². The highest BCUT2D eigenvalue weighted by atomic mass is 35.5. The van der Waals surface area contributed by atoms with E-state index < -0.39 is 5.82 Å². The molecule has 0 saturated carbocycles. The van der Waals surface area contributed by atoms with Gasteiger partial charge in [-0.25, -0.2) is 4.39 Å². The second-order valence-electron chi connectivity index (χ2n) is 5.54. The summed E-state index contributed by atoms with van der Waals surface area (Å²) >= 11 is 6.02. The van der Waals surface area contributed by atoms with Crippen molar-refractivity contribution >= 4 is 17.5 Å². The molecule has 2 aromatic rings. The number of nitrogens with one attached hydrogen (secondary N) is 1. The van der Waals surface area contributed by atoms with Crippen LogP contribution in [0.5, 0.6) is 0 Å². The Balaban J connectivity index is 1.77. The van der Waals surface area contributed by atoms with Crippen LogP contribution in [0.25, 0.3) is 0 Å². The van der Waals surface area contributed by atoms with Gasteiger partial charge in [0.05, 0.1) is 18.7 Å². The van der Waals surface area contributed by atoms with E-state index in [0.717, 1.165) is 31.4 Å². The summed E-state index contributed by atoms with van der Waals surface area (Å²) in [6.07, 6.45) is 6.81. The summed E-state index contributed by atoms with van der Waals surface area (Å²) in [5.74, 6) is -0.380. The number of aromatic amines is 1. The molecular weight excluding hydrogens is 305 g/mol. The fraction of sp³-hybridized carbons (Fsp3) is 0.375. The molecule has 1 saturated heterocycles. The third kappa shape index (κ3) is 3.14. The van der Waals surface area contributed by atoms with E-state index in [0.29, 0.717) is 10.6 Å². The molecule has 1 aromatic heterocycles. The average molecular weight is 322 g/mol. The van der Waals surface area contributed by atoms with Gasteiger partial charge in [-0.1, -0.05) is 17.7 Å². The summed E-state index contributed by atoms with van der Waals surface area (Å²) in [7, 11) is 0. The van der Waals surface area contributed by atoms with E-state index in [-0.39, 0.29) is 18.4 Å². The van der Waals surface area contributed by atoms with E-state index in [1.54, 1.807) is 12.3 Å². The van der Waals surface area contributed by atoms with Crippen molar-refractivity contribution in [3.63, 3.8) is 0 Å². The van der Waals surface area contributed by atoms with Gasteiger partial charge >= 0.3 is 0 Å². The lowest BCUT2D eigenvalue weighted by atomic mass is 9.96. The molecule has 6 heteroatoms. The van der Waals surface area contributed by atoms with E-state index in [1.165, 1.54) is 12.1 Å². The minimum atomic E-state index is -0.393. The molecule has 0 spiro atoms. The number of carbonyl (C=O) groups is 1. The van der Waals surface area contributed by atoms with E-state index in [2.05, 4.69) is 10.2 Å². The third-order valence-corrected chi connectivity index (χ3v) is 4.44. The second kappa shape index (κ2) is 6.48. The number of amides is 1. The van der Waals surface area contributed by atoms with Gasteiger partial charge in [-0.15, -0.1) is 0 Å². The molecule has 2 heterocycles. The summed E-state index contributed by atoms with van der Waals surface area (Å²) in [5.41, 5.74) is 1.68. The molecular formula is C16H17ClFN3O. The Morgan fingerprint density at radius 3 is 3.05 bits per heavy atom. The highest BCUT2D eigenvalue weighted by Crippen LogP contribution is 2.31. The Bertz CT molecular complexity index is 659. The third-order valence-electron chi connectivity index (χ3n) is 4.08. The number of halogens is 2. The fourth-order valence-corrected chi connectivity index (χ4v) is 3.18. The first-order valence-corrected chi connectivity index (χ1v) is 7.75. The molecule has 1 aromatic carbocycles. The molecule has 1 unspecified atom stereocenters. The maximum Gasteiger partial charge on any atom is 0.227 e. The van der Waals surface area contributed by atoms with Crippen LogP contribution in [-0.4, -0.2) is 27.5 Å². The number of rotatable bonds is 3. The van der Waals surface area contributed by atoms with Crippen molar-refractivity contribution < 1.29 is 9.18 Å². The largest absolute Gasteiger partial charge is 0.335 e. The van der Waals surface area contributed by atoms with Crippen molar-refractivity contribution in [3.05, 3.63) is 52.6 Å². The minimum absolute atomic E-state index is 0.0133. The summed E-state index contributed by atoms with van der Waals surface area (Å²) in [6.45, 7) is 0.730. The van der Waals surface area contributed by atoms with E-state index in [9.17, 15) is 9.18 Å². The highest BCUT2D eigenvalue weighted by Gasteiger charge is 2.28. The average Bonchev–Trinajstić information content (AvgIpc) is 3.04. The quantitative estimate of drug-likeness (QED) is 0.940. The number of carbonyl (C=O) groups excluding carboxylic acids is 1. The maximum absolute atomic E-state index is 13.1. The zero-order valence-electron chi connectivity index (χ0n) is 12.1. The number of likely N-dealkylation sites (tertiary alicyclic amines) is 1. The van der Waals surface area contributed by atoms with Crippen molar-refractivity contribution in [2.24, 2.45) is 0 Å². The Morgan fingerprint density at radius 2 is 2.32 bits per heavy atom. The molecule has 1 fully saturated rings. The van der Waals surface area contributed by atoms with Crippen LogP contribution in [-0.2, 0) is 11.2 Å². The molecule has 0 bridgehead atoms. The summed E-state index contributed by atoms with van der Waals surface area (Å²) in [6, 6.07) is 4.21. The predicted molar refractivity (Wildman–Crippen MR) is 82.0 cm³/mol. The predicted octanol–water partition coefficient (Wildman–Crippen LogP) is 3.50. The van der Waals surface area contributed by atoms with Gasteiger partial charge in [0, 0.05) is 23.3 Å². The molecule has 0 aliphatic carbocycles. The zero-order chi connectivity index (χ0) is 15.5. The van der Waals surface area contributed by atoms with Crippen LogP contribution in [0.2, 0.25) is 5.02 Å². The van der Waals surface area contributed by atoms with Crippen molar-refractivity contribution in [1.29, 1.82) is 0 Å². The lowest BCUT2D eigenvalue weighted by Crippen LogP contribution is -2.39. The van der Waals surface area contributed by atoms with Crippen molar-refractivity contribution in [2.45, 2.75) is 31.7 Å². The van der Waals surface area contributed by atoms with Gasteiger partial charge in [0.15, 0.2) is 0 Å². The normalized spacial score (nSPS) is 18.5. The first-order valence-electron chi connectivity index (χ1n) is 7.37. The van der Waals surface area contributed by atoms with Crippen molar-refractivity contribution in [3.8, 4) is 0 Å². The second-order valence-corrected chi connectivity index (χ2v) is 5.95. The lowest BCUT2D eigenvalue weighted by molar-refractivity contribution is -0.134. The number of nitrogens with zero attached hydrogens (tertiary/aromatic N) is 2. The first-order chi connectivity index (χ1) is 10.6. The van der Waals surface area contributed by atoms with Crippen LogP contribution in [0.15, 0.2) is 30.6 Å². The number of H-pyrrole nitrogens is 1. The molecule has 4 nitrogen and oxygen atoms in total. The minimum Gasteiger partial charge on any atom is -0.335 e. The van der Waals surface area contributed by atoms with Crippen LogP contribution in [0.3, 0.4) is 0 Å². The highest BCUT2D eigenvalue weighted by molar-refractivity contribution is 6.31. The zero-order valence-corrected chi connectivity index (χ0v) is 12.8. The van der Waals surface area contributed by atoms with Crippen LogP contribution in [0.4, 0.5) is 4.39 Å². The summed E-state index contributed by atoms with van der Waals surface area (Å²) < 4.78 is 13.1. The molecule has 116 valence electrons. The van der Waals surface area contributed by atoms with Crippen LogP contribution < -0.4 is 0 Å². The van der Waals surface area contributed by atoms with Crippen LogP contribution in [0, 0.1) is 5.82 Å². The van der Waals surface area contributed by atoms with Gasteiger partial charge < -0.3 is 4.90 Å². The van der Waals surface area contributed by atoms with Crippen LogP contribution in [0.1, 0.15) is 36.4 Å². The molecule has 1 aliphatic rings. The smallest absolute Gasteiger partial charge is 0.227 e. The van der Waals surface area contributed by atoms with Gasteiger partial charge in [0.1, 0.15) is 5.82 Å². The molecule has 1 N–H and O–H groups in total. The Morgan fingerprint density at radius 1 is 1.45 bits per heavy atom. The first kappa shape index (κ1) is 15.0. The standard InChI is InChI=1S/C16H17ClFN3O/c17-14-8-13(18)5-4-11(14)7-16(22)21-6-2-1-3-15(21)12-9-19-20-10-12/h4-5,8-10,15H,1-3,6-7H2,(H,19,20). The number of piperidine rings is 1. The molecule has 1 amide bonds. The molecule has 3 rings (SSSR count). The maximum atomic E-state index is 13.1.